The Balaban J connectivity index is 2.34. The van der Waals surface area contributed by atoms with E-state index >= 15 is 0 Å². The quantitative estimate of drug-likeness (QED) is 0.518. The van der Waals surface area contributed by atoms with Crippen LogP contribution >= 0.6 is 0 Å². The van der Waals surface area contributed by atoms with Gasteiger partial charge in [0.1, 0.15) is 0 Å². The van der Waals surface area contributed by atoms with Crippen molar-refractivity contribution in [3.05, 3.63) is 23.8 Å². The molecule has 0 bridgehead atoms. The Morgan fingerprint density at radius 1 is 1.38 bits per heavy atom. The van der Waals surface area contributed by atoms with Gasteiger partial charge in [-0.1, -0.05) is 24.6 Å². The van der Waals surface area contributed by atoms with Crippen LogP contribution in [-0.2, 0) is 4.79 Å². The van der Waals surface area contributed by atoms with Gasteiger partial charge in [-0.25, -0.2) is 0 Å². The second-order valence-corrected chi connectivity index (χ2v) is 4.43. The molecule has 1 heteroatoms. The van der Waals surface area contributed by atoms with Crippen molar-refractivity contribution in [3.63, 3.8) is 0 Å². The molecule has 13 heavy (non-hydrogen) atoms. The van der Waals surface area contributed by atoms with Gasteiger partial charge < -0.3 is 0 Å². The summed E-state index contributed by atoms with van der Waals surface area (Å²) in [5, 5.41) is 0. The monoisotopic (exact) mass is 176 g/mol. The van der Waals surface area contributed by atoms with Gasteiger partial charge >= 0.3 is 0 Å². The van der Waals surface area contributed by atoms with Gasteiger partial charge in [-0.2, -0.15) is 0 Å². The highest BCUT2D eigenvalue weighted by molar-refractivity contribution is 5.90. The molecule has 0 aromatic heterocycles. The van der Waals surface area contributed by atoms with Gasteiger partial charge in [0.15, 0.2) is 5.78 Å². The molecule has 70 valence electrons. The van der Waals surface area contributed by atoms with Crippen molar-refractivity contribution >= 4 is 5.78 Å². The van der Waals surface area contributed by atoms with Crippen LogP contribution in [0.3, 0.4) is 0 Å². The van der Waals surface area contributed by atoms with E-state index in [2.05, 4.69) is 19.1 Å². The smallest absolute Gasteiger partial charge is 0.155 e. The van der Waals surface area contributed by atoms with Crippen LogP contribution in [0.1, 0.15) is 39.0 Å². The summed E-state index contributed by atoms with van der Waals surface area (Å²) >= 11 is 0. The van der Waals surface area contributed by atoms with Crippen LogP contribution in [0.2, 0.25) is 0 Å². The molecule has 0 spiro atoms. The second-order valence-electron chi connectivity index (χ2n) is 4.43. The van der Waals surface area contributed by atoms with Crippen LogP contribution < -0.4 is 0 Å². The molecule has 0 aromatic carbocycles. The average molecular weight is 176 g/mol. The Labute approximate surface area is 79.5 Å². The van der Waals surface area contributed by atoms with E-state index in [4.69, 9.17) is 0 Å². The van der Waals surface area contributed by atoms with Crippen LogP contribution in [0.4, 0.5) is 0 Å². The average Bonchev–Trinajstić information content (AvgIpc) is 2.23. The second kappa shape index (κ2) is 3.13. The van der Waals surface area contributed by atoms with Gasteiger partial charge in [0.25, 0.3) is 0 Å². The predicted molar refractivity (Wildman–Crippen MR) is 53.4 cm³/mol. The zero-order valence-corrected chi connectivity index (χ0v) is 8.18. The number of carbonyl (C=O) groups is 1. The summed E-state index contributed by atoms with van der Waals surface area (Å²) < 4.78 is 0. The van der Waals surface area contributed by atoms with Gasteiger partial charge in [-0.3, -0.25) is 4.79 Å². The molecule has 0 aromatic rings. The van der Waals surface area contributed by atoms with E-state index in [9.17, 15) is 4.79 Å². The molecule has 0 saturated carbocycles. The Kier molecular flexibility index (Phi) is 2.10. The summed E-state index contributed by atoms with van der Waals surface area (Å²) in [5.74, 6) is 0.328. The molecule has 0 radical (unpaired) electrons. The van der Waals surface area contributed by atoms with Crippen LogP contribution in [0, 0.1) is 5.41 Å². The molecule has 1 unspecified atom stereocenters. The first-order valence-corrected chi connectivity index (χ1v) is 5.10. The molecule has 1 atom stereocenters. The molecule has 2 aliphatic carbocycles. The number of carbonyl (C=O) groups excluding carboxylic acids is 1. The summed E-state index contributed by atoms with van der Waals surface area (Å²) in [4.78, 5) is 11.4. The van der Waals surface area contributed by atoms with E-state index in [1.165, 1.54) is 12.0 Å². The maximum atomic E-state index is 11.4. The minimum Gasteiger partial charge on any atom is -0.295 e. The maximum absolute atomic E-state index is 11.4. The van der Waals surface area contributed by atoms with E-state index in [0.717, 1.165) is 25.7 Å². The highest BCUT2D eigenvalue weighted by Gasteiger charge is 2.31. The SMILES string of the molecule is CC12CC=CCC1=CC(=O)CCC2. The Bertz CT molecular complexity index is 285. The van der Waals surface area contributed by atoms with Gasteiger partial charge in [0.05, 0.1) is 0 Å². The number of hydrogen-bond donors (Lipinski definition) is 0. The molecule has 0 heterocycles. The fourth-order valence-electron chi connectivity index (χ4n) is 2.35. The van der Waals surface area contributed by atoms with Crippen LogP contribution in [0.15, 0.2) is 23.8 Å². The molecule has 0 amide bonds. The maximum Gasteiger partial charge on any atom is 0.155 e. The minimum absolute atomic E-state index is 0.293. The number of rotatable bonds is 0. The van der Waals surface area contributed by atoms with Crippen molar-refractivity contribution in [1.29, 1.82) is 0 Å². The number of hydrogen-bond acceptors (Lipinski definition) is 1. The van der Waals surface area contributed by atoms with E-state index in [-0.39, 0.29) is 0 Å². The third kappa shape index (κ3) is 1.60. The lowest BCUT2D eigenvalue weighted by Crippen LogP contribution is -2.20. The number of fused-ring (bicyclic) bond motifs is 1. The predicted octanol–water partition coefficient (Wildman–Crippen LogP) is 3.02. The van der Waals surface area contributed by atoms with E-state index in [1.54, 1.807) is 0 Å². The first-order chi connectivity index (χ1) is 6.21. The Morgan fingerprint density at radius 3 is 3.08 bits per heavy atom. The molecule has 0 fully saturated rings. The van der Waals surface area contributed by atoms with Gasteiger partial charge in [-0.05, 0) is 37.2 Å². The molecule has 0 saturated heterocycles. The lowest BCUT2D eigenvalue weighted by atomic mass is 9.72. The van der Waals surface area contributed by atoms with Gasteiger partial charge in [0.2, 0.25) is 0 Å². The van der Waals surface area contributed by atoms with Crippen molar-refractivity contribution in [1.82, 2.24) is 0 Å². The fraction of sp³-hybridized carbons (Fsp3) is 0.583. The standard InChI is InChI=1S/C12H16O/c1-12-7-3-2-5-10(12)9-11(13)6-4-8-12/h2-3,9H,4-8H2,1H3. The molecule has 2 aliphatic rings. The van der Waals surface area contributed by atoms with Crippen molar-refractivity contribution in [2.75, 3.05) is 0 Å². The highest BCUT2D eigenvalue weighted by Crippen LogP contribution is 2.43. The van der Waals surface area contributed by atoms with E-state index < -0.39 is 0 Å². The Morgan fingerprint density at radius 2 is 2.23 bits per heavy atom. The van der Waals surface area contributed by atoms with E-state index in [0.29, 0.717) is 11.2 Å². The third-order valence-electron chi connectivity index (χ3n) is 3.33. The van der Waals surface area contributed by atoms with Crippen molar-refractivity contribution in [2.45, 2.75) is 39.0 Å². The van der Waals surface area contributed by atoms with Gasteiger partial charge in [-0.15, -0.1) is 0 Å². The van der Waals surface area contributed by atoms with Crippen molar-refractivity contribution in [3.8, 4) is 0 Å². The molecular formula is C12H16O. The van der Waals surface area contributed by atoms with Gasteiger partial charge in [0, 0.05) is 6.42 Å². The molecule has 2 rings (SSSR count). The summed E-state index contributed by atoms with van der Waals surface area (Å²) in [6.45, 7) is 2.29. The lowest BCUT2D eigenvalue weighted by Gasteiger charge is -2.32. The van der Waals surface area contributed by atoms with Crippen LogP contribution in [0.25, 0.3) is 0 Å². The number of allylic oxidation sites excluding steroid dienone is 4. The van der Waals surface area contributed by atoms with Crippen molar-refractivity contribution in [2.24, 2.45) is 5.41 Å². The third-order valence-corrected chi connectivity index (χ3v) is 3.33. The van der Waals surface area contributed by atoms with E-state index in [1.807, 2.05) is 6.08 Å². The van der Waals surface area contributed by atoms with Crippen molar-refractivity contribution < 1.29 is 4.79 Å². The minimum atomic E-state index is 0.293. The summed E-state index contributed by atoms with van der Waals surface area (Å²) in [6, 6.07) is 0. The van der Waals surface area contributed by atoms with Crippen LogP contribution in [-0.4, -0.2) is 5.78 Å². The summed E-state index contributed by atoms with van der Waals surface area (Å²) in [6.07, 6.45) is 11.4. The molecule has 1 nitrogen and oxygen atoms in total. The summed E-state index contributed by atoms with van der Waals surface area (Å²) in [5.41, 5.74) is 1.65. The lowest BCUT2D eigenvalue weighted by molar-refractivity contribution is -0.114. The first-order valence-electron chi connectivity index (χ1n) is 5.10. The molecule has 0 N–H and O–H groups in total. The normalized spacial score (nSPS) is 33.6. The topological polar surface area (TPSA) is 17.1 Å². The zero-order valence-electron chi connectivity index (χ0n) is 8.18. The zero-order chi connectivity index (χ0) is 9.31. The highest BCUT2D eigenvalue weighted by atomic mass is 16.1. The molecule has 0 aliphatic heterocycles. The largest absolute Gasteiger partial charge is 0.295 e. The molecular weight excluding hydrogens is 160 g/mol. The first kappa shape index (κ1) is 8.74. The fourth-order valence-corrected chi connectivity index (χ4v) is 2.35. The number of ketones is 1. The Hall–Kier alpha value is -0.850. The van der Waals surface area contributed by atoms with Crippen LogP contribution in [0.5, 0.6) is 0 Å². The summed E-state index contributed by atoms with van der Waals surface area (Å²) in [7, 11) is 0.